The molecule has 0 aliphatic heterocycles. The molecule has 5 nitrogen and oxygen atoms in total. The minimum Gasteiger partial charge on any atom is -0.339 e. The van der Waals surface area contributed by atoms with Gasteiger partial charge < -0.3 is 10.3 Å². The maximum absolute atomic E-state index is 6.24. The second-order valence-corrected chi connectivity index (χ2v) is 7.25. The molecule has 25 heavy (non-hydrogen) atoms. The number of benzene rings is 1. The van der Waals surface area contributed by atoms with Crippen molar-refractivity contribution < 1.29 is 4.52 Å². The van der Waals surface area contributed by atoms with Crippen LogP contribution in [0.2, 0.25) is 0 Å². The number of halogens is 1. The Bertz CT molecular complexity index is 839. The Hall–Kier alpha value is -1.76. The molecule has 0 radical (unpaired) electrons. The van der Waals surface area contributed by atoms with Crippen molar-refractivity contribution in [2.75, 3.05) is 0 Å². The lowest BCUT2D eigenvalue weighted by Crippen LogP contribution is -2.44. The zero-order chi connectivity index (χ0) is 16.6. The number of nitrogens with zero attached hydrogens (tertiary/aromatic N) is 3. The third-order valence-electron chi connectivity index (χ3n) is 4.65. The first-order chi connectivity index (χ1) is 11.7. The van der Waals surface area contributed by atoms with Crippen LogP contribution in [-0.2, 0) is 18.4 Å². The van der Waals surface area contributed by atoms with Crippen LogP contribution in [0.25, 0.3) is 10.6 Å². The van der Waals surface area contributed by atoms with Crippen LogP contribution >= 0.6 is 23.7 Å². The summed E-state index contributed by atoms with van der Waals surface area (Å²) in [4.78, 5) is 9.16. The average Bonchev–Trinajstić information content (AvgIpc) is 3.23. The van der Waals surface area contributed by atoms with Crippen LogP contribution in [0.3, 0.4) is 0 Å². The molecule has 1 saturated carbocycles. The van der Waals surface area contributed by atoms with Crippen LogP contribution in [0.15, 0.2) is 34.2 Å². The molecule has 2 aromatic heterocycles. The highest BCUT2D eigenvalue weighted by molar-refractivity contribution is 7.13. The van der Waals surface area contributed by atoms with Gasteiger partial charge in [0.05, 0.1) is 17.7 Å². The molecule has 0 bridgehead atoms. The van der Waals surface area contributed by atoms with Crippen molar-refractivity contribution in [2.45, 2.75) is 44.6 Å². The second-order valence-electron chi connectivity index (χ2n) is 6.39. The lowest BCUT2D eigenvalue weighted by molar-refractivity contribution is 0.229. The molecule has 2 N–H and O–H groups in total. The Morgan fingerprint density at radius 1 is 1.20 bits per heavy atom. The molecule has 1 aromatic carbocycles. The van der Waals surface area contributed by atoms with Gasteiger partial charge in [-0.05, 0) is 31.2 Å². The van der Waals surface area contributed by atoms with Crippen molar-refractivity contribution in [3.8, 4) is 10.6 Å². The summed E-state index contributed by atoms with van der Waals surface area (Å²) in [7, 11) is 0. The summed E-state index contributed by atoms with van der Waals surface area (Å²) in [6, 6.07) is 8.56. The first kappa shape index (κ1) is 18.0. The Kier molecular flexibility index (Phi) is 5.22. The SMILES string of the molecule is CCc1ccc(-c2nc(Cc3nc(C4(N)CCC4)no3)cs2)cc1.Cl. The summed E-state index contributed by atoms with van der Waals surface area (Å²) >= 11 is 1.64. The van der Waals surface area contributed by atoms with Gasteiger partial charge in [-0.15, -0.1) is 23.7 Å². The standard InChI is InChI=1S/C18H20N4OS.ClH/c1-2-12-4-6-13(7-5-12)16-20-14(11-24-16)10-15-21-17(22-23-15)18(19)8-3-9-18;/h4-7,11H,2-3,8-10,19H2,1H3;1H. The van der Waals surface area contributed by atoms with Gasteiger partial charge in [-0.3, -0.25) is 0 Å². The van der Waals surface area contributed by atoms with E-state index in [0.29, 0.717) is 18.1 Å². The highest BCUT2D eigenvalue weighted by atomic mass is 35.5. The molecule has 0 atom stereocenters. The first-order valence-electron chi connectivity index (χ1n) is 8.32. The Morgan fingerprint density at radius 3 is 2.60 bits per heavy atom. The van der Waals surface area contributed by atoms with Crippen LogP contribution in [0.1, 0.15) is 49.2 Å². The predicted molar refractivity (Wildman–Crippen MR) is 101 cm³/mol. The summed E-state index contributed by atoms with van der Waals surface area (Å²) < 4.78 is 5.36. The molecule has 0 unspecified atom stereocenters. The van der Waals surface area contributed by atoms with Crippen molar-refractivity contribution in [2.24, 2.45) is 5.73 Å². The van der Waals surface area contributed by atoms with E-state index in [0.717, 1.165) is 41.9 Å². The van der Waals surface area contributed by atoms with E-state index in [4.69, 9.17) is 15.2 Å². The summed E-state index contributed by atoms with van der Waals surface area (Å²) in [5.74, 6) is 1.22. The van der Waals surface area contributed by atoms with Gasteiger partial charge >= 0.3 is 0 Å². The minimum atomic E-state index is -0.379. The molecular weight excluding hydrogens is 356 g/mol. The molecular formula is C18H21ClN4OS. The van der Waals surface area contributed by atoms with Crippen LogP contribution in [0.5, 0.6) is 0 Å². The van der Waals surface area contributed by atoms with Gasteiger partial charge in [0.25, 0.3) is 0 Å². The van der Waals surface area contributed by atoms with Crippen LogP contribution in [-0.4, -0.2) is 15.1 Å². The van der Waals surface area contributed by atoms with Gasteiger partial charge in [0.2, 0.25) is 5.89 Å². The molecule has 1 aliphatic rings. The van der Waals surface area contributed by atoms with E-state index in [1.54, 1.807) is 11.3 Å². The van der Waals surface area contributed by atoms with Crippen LogP contribution in [0.4, 0.5) is 0 Å². The quantitative estimate of drug-likeness (QED) is 0.725. The van der Waals surface area contributed by atoms with E-state index in [9.17, 15) is 0 Å². The number of aromatic nitrogens is 3. The molecule has 0 amide bonds. The summed E-state index contributed by atoms with van der Waals surface area (Å²) in [5.41, 5.74) is 9.28. The van der Waals surface area contributed by atoms with Crippen LogP contribution in [0, 0.1) is 0 Å². The molecule has 1 fully saturated rings. The van der Waals surface area contributed by atoms with Crippen molar-refractivity contribution in [3.05, 3.63) is 52.6 Å². The number of hydrogen-bond donors (Lipinski definition) is 1. The number of thiazole rings is 1. The molecule has 0 saturated heterocycles. The van der Waals surface area contributed by atoms with Gasteiger partial charge in [0, 0.05) is 10.9 Å². The zero-order valence-electron chi connectivity index (χ0n) is 14.1. The van der Waals surface area contributed by atoms with Gasteiger partial charge in [0.1, 0.15) is 5.01 Å². The maximum atomic E-state index is 6.24. The predicted octanol–water partition coefficient (Wildman–Crippen LogP) is 4.11. The number of nitrogens with two attached hydrogens (primary N) is 1. The molecule has 1 aliphatic carbocycles. The van der Waals surface area contributed by atoms with E-state index < -0.39 is 0 Å². The van der Waals surface area contributed by atoms with Crippen molar-refractivity contribution in [1.29, 1.82) is 0 Å². The summed E-state index contributed by atoms with van der Waals surface area (Å²) in [6.07, 6.45) is 4.59. The van der Waals surface area contributed by atoms with Crippen molar-refractivity contribution >= 4 is 23.7 Å². The third-order valence-corrected chi connectivity index (χ3v) is 5.59. The Balaban J connectivity index is 0.00000182. The van der Waals surface area contributed by atoms with E-state index in [-0.39, 0.29) is 17.9 Å². The topological polar surface area (TPSA) is 77.8 Å². The fourth-order valence-corrected chi connectivity index (χ4v) is 3.69. The Labute approximate surface area is 157 Å². The number of hydrogen-bond acceptors (Lipinski definition) is 6. The van der Waals surface area contributed by atoms with Crippen LogP contribution < -0.4 is 5.73 Å². The fraction of sp³-hybridized carbons (Fsp3) is 0.389. The minimum absolute atomic E-state index is 0. The fourth-order valence-electron chi connectivity index (χ4n) is 2.87. The molecule has 3 aromatic rings. The molecule has 4 rings (SSSR count). The van der Waals surface area contributed by atoms with E-state index in [1.165, 1.54) is 5.56 Å². The first-order valence-corrected chi connectivity index (χ1v) is 9.20. The summed E-state index contributed by atoms with van der Waals surface area (Å²) in [6.45, 7) is 2.16. The Morgan fingerprint density at radius 2 is 1.96 bits per heavy atom. The molecule has 0 spiro atoms. The number of rotatable bonds is 5. The smallest absolute Gasteiger partial charge is 0.232 e. The molecule has 132 valence electrons. The largest absolute Gasteiger partial charge is 0.339 e. The monoisotopic (exact) mass is 376 g/mol. The normalized spacial score (nSPS) is 15.4. The van der Waals surface area contributed by atoms with Crippen molar-refractivity contribution in [1.82, 2.24) is 15.1 Å². The van der Waals surface area contributed by atoms with E-state index in [2.05, 4.69) is 46.7 Å². The number of aryl methyl sites for hydroxylation is 1. The van der Waals surface area contributed by atoms with E-state index >= 15 is 0 Å². The molecule has 2 heterocycles. The highest BCUT2D eigenvalue weighted by Crippen LogP contribution is 2.37. The maximum Gasteiger partial charge on any atom is 0.232 e. The molecule has 7 heteroatoms. The average molecular weight is 377 g/mol. The van der Waals surface area contributed by atoms with E-state index in [1.807, 2.05) is 0 Å². The van der Waals surface area contributed by atoms with Gasteiger partial charge in [-0.1, -0.05) is 36.3 Å². The second kappa shape index (κ2) is 7.23. The lowest BCUT2D eigenvalue weighted by Gasteiger charge is -2.34. The highest BCUT2D eigenvalue weighted by Gasteiger charge is 2.38. The van der Waals surface area contributed by atoms with Crippen molar-refractivity contribution in [3.63, 3.8) is 0 Å². The summed E-state index contributed by atoms with van der Waals surface area (Å²) in [5, 5.41) is 7.12. The third kappa shape index (κ3) is 3.61. The van der Waals surface area contributed by atoms with Gasteiger partial charge in [-0.25, -0.2) is 4.98 Å². The van der Waals surface area contributed by atoms with Gasteiger partial charge in [0.15, 0.2) is 5.82 Å². The lowest BCUT2D eigenvalue weighted by atomic mass is 9.77. The zero-order valence-corrected chi connectivity index (χ0v) is 15.7. The van der Waals surface area contributed by atoms with Gasteiger partial charge in [-0.2, -0.15) is 4.98 Å².